The second-order valence-corrected chi connectivity index (χ2v) is 4.92. The average Bonchev–Trinajstić information content (AvgIpc) is 2.54. The summed E-state index contributed by atoms with van der Waals surface area (Å²) in [6.07, 6.45) is 3.52. The Bertz CT molecular complexity index is 963. The molecule has 4 aromatic heterocycles. The number of hydrogen-bond acceptors (Lipinski definition) is 4. The molecular formula is C17H12N4. The summed E-state index contributed by atoms with van der Waals surface area (Å²) in [7, 11) is 0. The third-order valence-corrected chi connectivity index (χ3v) is 3.52. The van der Waals surface area contributed by atoms with Crippen molar-refractivity contribution in [2.75, 3.05) is 0 Å². The molecule has 4 nitrogen and oxygen atoms in total. The standard InChI is InChI=1S/C17H12N4/c1-11-14(10-13-5-3-9-19-17(13)20-11)15-7-6-12-4-2-8-18-16(12)21-15/h2-10H,1H3. The van der Waals surface area contributed by atoms with E-state index in [9.17, 15) is 0 Å². The summed E-state index contributed by atoms with van der Waals surface area (Å²) < 4.78 is 0. The summed E-state index contributed by atoms with van der Waals surface area (Å²) in [5, 5.41) is 2.05. The average molecular weight is 272 g/mol. The highest BCUT2D eigenvalue weighted by molar-refractivity contribution is 5.83. The number of pyridine rings is 4. The molecule has 0 aliphatic rings. The number of rotatable bonds is 1. The van der Waals surface area contributed by atoms with Gasteiger partial charge < -0.3 is 0 Å². The van der Waals surface area contributed by atoms with E-state index in [1.54, 1.807) is 12.4 Å². The summed E-state index contributed by atoms with van der Waals surface area (Å²) in [5.74, 6) is 0. The first-order chi connectivity index (χ1) is 10.3. The molecular weight excluding hydrogens is 260 g/mol. The Morgan fingerprint density at radius 2 is 1.48 bits per heavy atom. The Balaban J connectivity index is 1.96. The van der Waals surface area contributed by atoms with Crippen molar-refractivity contribution in [3.63, 3.8) is 0 Å². The maximum absolute atomic E-state index is 4.64. The zero-order chi connectivity index (χ0) is 14.2. The van der Waals surface area contributed by atoms with Gasteiger partial charge in [-0.1, -0.05) is 0 Å². The fraction of sp³-hybridized carbons (Fsp3) is 0.0588. The van der Waals surface area contributed by atoms with Gasteiger partial charge in [-0.05, 0) is 49.4 Å². The maximum atomic E-state index is 4.64. The lowest BCUT2D eigenvalue weighted by Gasteiger charge is -2.07. The van der Waals surface area contributed by atoms with Gasteiger partial charge in [0.1, 0.15) is 0 Å². The zero-order valence-electron chi connectivity index (χ0n) is 11.5. The van der Waals surface area contributed by atoms with Gasteiger partial charge in [0, 0.05) is 34.4 Å². The van der Waals surface area contributed by atoms with Gasteiger partial charge in [-0.2, -0.15) is 0 Å². The first kappa shape index (κ1) is 11.9. The maximum Gasteiger partial charge on any atom is 0.159 e. The third-order valence-electron chi connectivity index (χ3n) is 3.52. The Morgan fingerprint density at radius 3 is 2.29 bits per heavy atom. The quantitative estimate of drug-likeness (QED) is 0.531. The van der Waals surface area contributed by atoms with Crippen LogP contribution in [0.3, 0.4) is 0 Å². The minimum atomic E-state index is 0.751. The van der Waals surface area contributed by atoms with Crippen molar-refractivity contribution in [3.05, 3.63) is 60.6 Å². The lowest BCUT2D eigenvalue weighted by atomic mass is 10.1. The molecule has 0 amide bonds. The van der Waals surface area contributed by atoms with Crippen molar-refractivity contribution in [1.29, 1.82) is 0 Å². The molecule has 0 unspecified atom stereocenters. The summed E-state index contributed by atoms with van der Waals surface area (Å²) in [5.41, 5.74) is 4.34. The zero-order valence-corrected chi connectivity index (χ0v) is 11.5. The number of aromatic nitrogens is 4. The fourth-order valence-electron chi connectivity index (χ4n) is 2.46. The van der Waals surface area contributed by atoms with Crippen LogP contribution in [0.5, 0.6) is 0 Å². The molecule has 0 radical (unpaired) electrons. The predicted molar refractivity (Wildman–Crippen MR) is 82.8 cm³/mol. The molecule has 4 rings (SSSR count). The van der Waals surface area contributed by atoms with Crippen molar-refractivity contribution in [3.8, 4) is 11.3 Å². The number of aryl methyl sites for hydroxylation is 1. The summed E-state index contributed by atoms with van der Waals surface area (Å²) in [6.45, 7) is 1.98. The molecule has 0 spiro atoms. The normalized spacial score (nSPS) is 11.1. The lowest BCUT2D eigenvalue weighted by Crippen LogP contribution is -1.94. The molecule has 0 N–H and O–H groups in total. The van der Waals surface area contributed by atoms with E-state index in [0.717, 1.165) is 39.0 Å². The van der Waals surface area contributed by atoms with Gasteiger partial charge in [-0.3, -0.25) is 0 Å². The topological polar surface area (TPSA) is 51.6 Å². The largest absolute Gasteiger partial charge is 0.237 e. The highest BCUT2D eigenvalue weighted by atomic mass is 14.9. The molecule has 0 atom stereocenters. The Kier molecular flexibility index (Phi) is 2.60. The molecule has 4 heteroatoms. The predicted octanol–water partition coefficient (Wildman–Crippen LogP) is 3.55. The highest BCUT2D eigenvalue weighted by Gasteiger charge is 2.08. The SMILES string of the molecule is Cc1nc2ncccc2cc1-c1ccc2cccnc2n1. The van der Waals surface area contributed by atoms with E-state index in [4.69, 9.17) is 0 Å². The second kappa shape index (κ2) is 4.59. The van der Waals surface area contributed by atoms with Gasteiger partial charge in [0.25, 0.3) is 0 Å². The van der Waals surface area contributed by atoms with Crippen LogP contribution >= 0.6 is 0 Å². The van der Waals surface area contributed by atoms with Crippen LogP contribution in [0.2, 0.25) is 0 Å². The third kappa shape index (κ3) is 2.01. The molecule has 0 bridgehead atoms. The van der Waals surface area contributed by atoms with E-state index in [0.29, 0.717) is 0 Å². The van der Waals surface area contributed by atoms with Crippen molar-refractivity contribution in [2.24, 2.45) is 0 Å². The van der Waals surface area contributed by atoms with Crippen molar-refractivity contribution in [1.82, 2.24) is 19.9 Å². The molecule has 0 aliphatic carbocycles. The summed E-state index contributed by atoms with van der Waals surface area (Å²) in [6, 6.07) is 14.0. The van der Waals surface area contributed by atoms with Crippen LogP contribution in [-0.2, 0) is 0 Å². The van der Waals surface area contributed by atoms with Crippen LogP contribution in [0.4, 0.5) is 0 Å². The van der Waals surface area contributed by atoms with Crippen molar-refractivity contribution >= 4 is 22.1 Å². The molecule has 0 aromatic carbocycles. The number of fused-ring (bicyclic) bond motifs is 2. The molecule has 4 aromatic rings. The molecule has 21 heavy (non-hydrogen) atoms. The number of hydrogen-bond donors (Lipinski definition) is 0. The van der Waals surface area contributed by atoms with Gasteiger partial charge >= 0.3 is 0 Å². The minimum absolute atomic E-state index is 0.751. The summed E-state index contributed by atoms with van der Waals surface area (Å²) >= 11 is 0. The Morgan fingerprint density at radius 1 is 0.762 bits per heavy atom. The molecule has 0 aliphatic heterocycles. The van der Waals surface area contributed by atoms with Crippen LogP contribution in [0.15, 0.2) is 54.9 Å². The van der Waals surface area contributed by atoms with E-state index in [-0.39, 0.29) is 0 Å². The lowest BCUT2D eigenvalue weighted by molar-refractivity contribution is 1.19. The molecule has 0 saturated heterocycles. The van der Waals surface area contributed by atoms with E-state index in [2.05, 4.69) is 26.0 Å². The smallest absolute Gasteiger partial charge is 0.159 e. The fourth-order valence-corrected chi connectivity index (χ4v) is 2.46. The van der Waals surface area contributed by atoms with Gasteiger partial charge in [0.15, 0.2) is 11.3 Å². The van der Waals surface area contributed by atoms with Crippen molar-refractivity contribution < 1.29 is 0 Å². The first-order valence-corrected chi connectivity index (χ1v) is 6.76. The molecule has 100 valence electrons. The van der Waals surface area contributed by atoms with E-state index < -0.39 is 0 Å². The first-order valence-electron chi connectivity index (χ1n) is 6.76. The van der Waals surface area contributed by atoms with Gasteiger partial charge in [0.2, 0.25) is 0 Å². The Hall–Kier alpha value is -2.88. The van der Waals surface area contributed by atoms with E-state index in [1.807, 2.05) is 43.3 Å². The van der Waals surface area contributed by atoms with E-state index in [1.165, 1.54) is 0 Å². The molecule has 4 heterocycles. The second-order valence-electron chi connectivity index (χ2n) is 4.92. The van der Waals surface area contributed by atoms with Crippen molar-refractivity contribution in [2.45, 2.75) is 6.92 Å². The van der Waals surface area contributed by atoms with Crippen LogP contribution in [0, 0.1) is 6.92 Å². The van der Waals surface area contributed by atoms with Crippen LogP contribution in [0.25, 0.3) is 33.3 Å². The summed E-state index contributed by atoms with van der Waals surface area (Å²) in [4.78, 5) is 17.8. The Labute approximate surface area is 121 Å². The number of nitrogens with zero attached hydrogens (tertiary/aromatic N) is 4. The highest BCUT2D eigenvalue weighted by Crippen LogP contribution is 2.25. The van der Waals surface area contributed by atoms with Crippen LogP contribution in [0.1, 0.15) is 5.69 Å². The monoisotopic (exact) mass is 272 g/mol. The molecule has 0 saturated carbocycles. The van der Waals surface area contributed by atoms with Crippen LogP contribution < -0.4 is 0 Å². The van der Waals surface area contributed by atoms with Gasteiger partial charge in [0.05, 0.1) is 5.69 Å². The van der Waals surface area contributed by atoms with Crippen LogP contribution in [-0.4, -0.2) is 19.9 Å². The minimum Gasteiger partial charge on any atom is -0.237 e. The molecule has 0 fully saturated rings. The van der Waals surface area contributed by atoms with Gasteiger partial charge in [-0.25, -0.2) is 19.9 Å². The van der Waals surface area contributed by atoms with Gasteiger partial charge in [-0.15, -0.1) is 0 Å². The van der Waals surface area contributed by atoms with E-state index >= 15 is 0 Å².